The molecule has 7 heteroatoms. The second-order valence-corrected chi connectivity index (χ2v) is 5.40. The van der Waals surface area contributed by atoms with Crippen molar-refractivity contribution in [3.8, 4) is 5.75 Å². The van der Waals surface area contributed by atoms with Crippen LogP contribution in [0, 0.1) is 0 Å². The summed E-state index contributed by atoms with van der Waals surface area (Å²) < 4.78 is 5.48. The van der Waals surface area contributed by atoms with Gasteiger partial charge < -0.3 is 4.74 Å². The highest BCUT2D eigenvalue weighted by Gasteiger charge is 2.17. The van der Waals surface area contributed by atoms with Gasteiger partial charge in [0.05, 0.1) is 5.02 Å². The largest absolute Gasteiger partial charge is 0.479 e. The molecule has 0 aliphatic heterocycles. The Kier molecular flexibility index (Phi) is 4.63. The fourth-order valence-electron chi connectivity index (χ4n) is 1.31. The Morgan fingerprint density at radius 3 is 2.89 bits per heavy atom. The van der Waals surface area contributed by atoms with Crippen molar-refractivity contribution in [3.63, 3.8) is 0 Å². The molecule has 0 aliphatic rings. The molecule has 1 aromatic heterocycles. The van der Waals surface area contributed by atoms with Gasteiger partial charge in [-0.2, -0.15) is 0 Å². The summed E-state index contributed by atoms with van der Waals surface area (Å²) in [6.45, 7) is 1.63. The second-order valence-electron chi connectivity index (χ2n) is 3.66. The Hall–Kier alpha value is -1.30. The molecule has 1 unspecified atom stereocenters. The smallest absolute Gasteiger partial charge is 0.266 e. The lowest BCUT2D eigenvalue weighted by atomic mass is 10.3. The summed E-state index contributed by atoms with van der Waals surface area (Å²) in [4.78, 5) is 15.8. The van der Waals surface area contributed by atoms with Crippen molar-refractivity contribution in [1.82, 2.24) is 4.98 Å². The fourth-order valence-corrected chi connectivity index (χ4v) is 2.29. The Morgan fingerprint density at radius 1 is 1.47 bits per heavy atom. The maximum Gasteiger partial charge on any atom is 0.266 e. The minimum Gasteiger partial charge on any atom is -0.479 e. The van der Waals surface area contributed by atoms with E-state index in [1.165, 1.54) is 11.3 Å². The summed E-state index contributed by atoms with van der Waals surface area (Å²) in [6, 6.07) is 4.83. The van der Waals surface area contributed by atoms with Crippen molar-refractivity contribution in [2.75, 3.05) is 5.32 Å². The van der Waals surface area contributed by atoms with Crippen LogP contribution >= 0.6 is 34.5 Å². The number of nitrogens with zero attached hydrogens (tertiary/aromatic N) is 1. The Labute approximate surface area is 124 Å². The first kappa shape index (κ1) is 14.1. The zero-order valence-corrected chi connectivity index (χ0v) is 12.2. The van der Waals surface area contributed by atoms with Crippen LogP contribution < -0.4 is 10.1 Å². The van der Waals surface area contributed by atoms with E-state index >= 15 is 0 Å². The molecule has 2 rings (SSSR count). The molecule has 0 fully saturated rings. The standard InChI is InChI=1S/C12H10Cl2N2O2S/c1-7(11(17)16-12-15-4-5-19-12)18-10-3-2-8(13)6-9(10)14/h2-7H,1H3,(H,15,16,17). The summed E-state index contributed by atoms with van der Waals surface area (Å²) in [5.74, 6) is 0.119. The number of halogens is 2. The van der Waals surface area contributed by atoms with Gasteiger partial charge in [-0.1, -0.05) is 23.2 Å². The molecule has 1 amide bonds. The lowest BCUT2D eigenvalue weighted by molar-refractivity contribution is -0.122. The highest BCUT2D eigenvalue weighted by Crippen LogP contribution is 2.28. The lowest BCUT2D eigenvalue weighted by Gasteiger charge is -2.14. The van der Waals surface area contributed by atoms with Crippen LogP contribution in [0.2, 0.25) is 10.0 Å². The number of nitrogens with one attached hydrogen (secondary N) is 1. The van der Waals surface area contributed by atoms with Crippen molar-refractivity contribution in [2.24, 2.45) is 0 Å². The van der Waals surface area contributed by atoms with Crippen LogP contribution in [-0.2, 0) is 4.79 Å². The number of thiazole rings is 1. The SMILES string of the molecule is CC(Oc1ccc(Cl)cc1Cl)C(=O)Nc1nccs1. The predicted octanol–water partition coefficient (Wildman–Crippen LogP) is 3.86. The first-order valence-electron chi connectivity index (χ1n) is 5.38. The second kappa shape index (κ2) is 6.23. The topological polar surface area (TPSA) is 51.2 Å². The number of ether oxygens (including phenoxy) is 1. The first-order chi connectivity index (χ1) is 9.06. The van der Waals surface area contributed by atoms with Crippen LogP contribution in [0.1, 0.15) is 6.92 Å². The van der Waals surface area contributed by atoms with Gasteiger partial charge >= 0.3 is 0 Å². The summed E-state index contributed by atoms with van der Waals surface area (Å²) in [6.07, 6.45) is 0.921. The number of benzene rings is 1. The van der Waals surface area contributed by atoms with Crippen LogP contribution in [0.3, 0.4) is 0 Å². The van der Waals surface area contributed by atoms with Crippen LogP contribution in [0.4, 0.5) is 5.13 Å². The molecular weight excluding hydrogens is 307 g/mol. The molecule has 1 heterocycles. The van der Waals surface area contributed by atoms with Gasteiger partial charge in [-0.05, 0) is 25.1 Å². The molecule has 0 saturated carbocycles. The average molecular weight is 317 g/mol. The van der Waals surface area contributed by atoms with Gasteiger partial charge in [0.1, 0.15) is 5.75 Å². The Bertz CT molecular complexity index is 575. The van der Waals surface area contributed by atoms with Gasteiger partial charge in [0.2, 0.25) is 0 Å². The molecular formula is C12H10Cl2N2O2S. The third-order valence-corrected chi connectivity index (χ3v) is 3.45. The normalized spacial score (nSPS) is 11.9. The number of rotatable bonds is 4. The van der Waals surface area contributed by atoms with E-state index in [0.717, 1.165) is 0 Å². The zero-order valence-electron chi connectivity index (χ0n) is 9.89. The van der Waals surface area contributed by atoms with E-state index in [-0.39, 0.29) is 5.91 Å². The van der Waals surface area contributed by atoms with Gasteiger partial charge in [0.15, 0.2) is 11.2 Å². The summed E-state index contributed by atoms with van der Waals surface area (Å²) in [5.41, 5.74) is 0. The van der Waals surface area contributed by atoms with E-state index in [1.807, 2.05) is 0 Å². The molecule has 0 radical (unpaired) electrons. The van der Waals surface area contributed by atoms with E-state index in [2.05, 4.69) is 10.3 Å². The molecule has 0 aliphatic carbocycles. The minimum absolute atomic E-state index is 0.291. The Balaban J connectivity index is 2.00. The number of amides is 1. The first-order valence-corrected chi connectivity index (χ1v) is 7.02. The zero-order chi connectivity index (χ0) is 13.8. The summed E-state index contributed by atoms with van der Waals surface area (Å²) in [7, 11) is 0. The fraction of sp³-hybridized carbons (Fsp3) is 0.167. The van der Waals surface area contributed by atoms with Crippen molar-refractivity contribution < 1.29 is 9.53 Å². The number of carbonyl (C=O) groups excluding carboxylic acids is 1. The van der Waals surface area contributed by atoms with Gasteiger partial charge in [0, 0.05) is 16.6 Å². The van der Waals surface area contributed by atoms with Crippen molar-refractivity contribution in [2.45, 2.75) is 13.0 Å². The minimum atomic E-state index is -0.692. The van der Waals surface area contributed by atoms with Gasteiger partial charge in [-0.3, -0.25) is 10.1 Å². The monoisotopic (exact) mass is 316 g/mol. The number of hydrogen-bond donors (Lipinski definition) is 1. The maximum absolute atomic E-state index is 11.9. The molecule has 1 N–H and O–H groups in total. The van der Waals surface area contributed by atoms with E-state index in [0.29, 0.717) is 20.9 Å². The van der Waals surface area contributed by atoms with Gasteiger partial charge in [-0.25, -0.2) is 4.98 Å². The lowest BCUT2D eigenvalue weighted by Crippen LogP contribution is -2.30. The molecule has 19 heavy (non-hydrogen) atoms. The summed E-state index contributed by atoms with van der Waals surface area (Å²) in [5, 5.41) is 5.83. The summed E-state index contributed by atoms with van der Waals surface area (Å²) >= 11 is 13.1. The number of hydrogen-bond acceptors (Lipinski definition) is 4. The van der Waals surface area contributed by atoms with E-state index in [4.69, 9.17) is 27.9 Å². The van der Waals surface area contributed by atoms with E-state index in [1.54, 1.807) is 36.7 Å². The van der Waals surface area contributed by atoms with E-state index < -0.39 is 6.10 Å². The quantitative estimate of drug-likeness (QED) is 0.931. The highest BCUT2D eigenvalue weighted by atomic mass is 35.5. The van der Waals surface area contributed by atoms with Crippen LogP contribution in [0.5, 0.6) is 5.75 Å². The van der Waals surface area contributed by atoms with Crippen LogP contribution in [0.15, 0.2) is 29.8 Å². The maximum atomic E-state index is 11.9. The molecule has 0 spiro atoms. The van der Waals surface area contributed by atoms with Gasteiger partial charge in [0.25, 0.3) is 5.91 Å². The van der Waals surface area contributed by atoms with Crippen molar-refractivity contribution >= 4 is 45.6 Å². The number of carbonyl (C=O) groups is 1. The molecule has 1 atom stereocenters. The molecule has 4 nitrogen and oxygen atoms in total. The van der Waals surface area contributed by atoms with Crippen LogP contribution in [-0.4, -0.2) is 17.0 Å². The van der Waals surface area contributed by atoms with Crippen LogP contribution in [0.25, 0.3) is 0 Å². The Morgan fingerprint density at radius 2 is 2.26 bits per heavy atom. The average Bonchev–Trinajstić information content (AvgIpc) is 2.85. The molecule has 0 saturated heterocycles. The third kappa shape index (κ3) is 3.83. The number of aromatic nitrogens is 1. The molecule has 0 bridgehead atoms. The molecule has 2 aromatic rings. The van der Waals surface area contributed by atoms with Gasteiger partial charge in [-0.15, -0.1) is 11.3 Å². The van der Waals surface area contributed by atoms with Crippen molar-refractivity contribution in [3.05, 3.63) is 39.8 Å². The predicted molar refractivity (Wildman–Crippen MR) is 77.3 cm³/mol. The number of anilines is 1. The van der Waals surface area contributed by atoms with Crippen molar-refractivity contribution in [1.29, 1.82) is 0 Å². The van der Waals surface area contributed by atoms with E-state index in [9.17, 15) is 4.79 Å². The third-order valence-electron chi connectivity index (χ3n) is 2.23. The molecule has 100 valence electrons. The molecule has 1 aromatic carbocycles. The highest BCUT2D eigenvalue weighted by molar-refractivity contribution is 7.13.